The smallest absolute Gasteiger partial charge is 0.100 e. The van der Waals surface area contributed by atoms with Crippen molar-refractivity contribution in [1.29, 1.82) is 0 Å². The minimum Gasteiger partial charge on any atom is -0.394 e. The summed E-state index contributed by atoms with van der Waals surface area (Å²) in [5.74, 6) is 0. The lowest BCUT2D eigenvalue weighted by atomic mass is 10.6. The van der Waals surface area contributed by atoms with Gasteiger partial charge in [0.05, 0.1) is 15.9 Å². The summed E-state index contributed by atoms with van der Waals surface area (Å²) >= 11 is 0. The molecule has 0 rings (SSSR count). The van der Waals surface area contributed by atoms with E-state index in [2.05, 4.69) is 0 Å². The Morgan fingerprint density at radius 1 is 1.67 bits per heavy atom. The molecule has 0 fully saturated rings. The summed E-state index contributed by atoms with van der Waals surface area (Å²) in [4.78, 5) is 0. The van der Waals surface area contributed by atoms with Gasteiger partial charge in [-0.3, -0.25) is 0 Å². The third-order valence-electron chi connectivity index (χ3n) is 0.322. The second-order valence-corrected chi connectivity index (χ2v) is 0.827. The van der Waals surface area contributed by atoms with Crippen LogP contribution in [0.5, 0.6) is 0 Å². The average Bonchev–Trinajstić information content (AvgIpc) is 1.62. The Labute approximate surface area is 38.7 Å². The first-order valence-corrected chi connectivity index (χ1v) is 1.49. The topological polar surface area (TPSA) is 60.7 Å². The Bertz CT molecular complexity index is 69.4. The van der Waals surface area contributed by atoms with E-state index in [0.29, 0.717) is 0 Å². The highest BCUT2D eigenvalue weighted by Gasteiger charge is 1.93. The minimum atomic E-state index is -2.69. The highest BCUT2D eigenvalue weighted by molar-refractivity contribution is 4.43. The molecule has 3 nitrogen and oxygen atoms in total. The van der Waals surface area contributed by atoms with Crippen LogP contribution >= 0.6 is 0 Å². The molecule has 1 unspecified atom stereocenters. The minimum absolute atomic E-state index is 0.774. The third kappa shape index (κ3) is 2.14. The van der Waals surface area contributed by atoms with Crippen LogP contribution in [-0.4, -0.2) is 34.6 Å². The maximum atomic E-state index is 8.32. The fourth-order valence-electron chi connectivity index (χ4n) is 0.0408. The molecule has 3 N–H and O–H groups in total. The molecule has 0 aliphatic rings. The Kier molecular flexibility index (Phi) is 1.52. The number of aliphatic hydroxyl groups excluding tert-OH is 2. The van der Waals surface area contributed by atoms with E-state index in [4.69, 9.17) is 18.1 Å². The summed E-state index contributed by atoms with van der Waals surface area (Å²) in [6, 6.07) is 0. The van der Waals surface area contributed by atoms with Gasteiger partial charge in [0.2, 0.25) is 0 Å². The molecular weight excluding hydrogens is 85.0 g/mol. The van der Waals surface area contributed by atoms with Crippen LogP contribution in [0.4, 0.5) is 0 Å². The summed E-state index contributed by atoms with van der Waals surface area (Å²) < 4.78 is 12.7. The van der Waals surface area contributed by atoms with Gasteiger partial charge in [-0.15, -0.1) is 0 Å². The predicted octanol–water partition coefficient (Wildman–Crippen LogP) is -1.67. The quantitative estimate of drug-likeness (QED) is 0.359. The van der Waals surface area contributed by atoms with Gasteiger partial charge in [0.25, 0.3) is 0 Å². The monoisotopic (exact) mass is 95.1 g/mol. The van der Waals surface area contributed by atoms with Gasteiger partial charge in [-0.1, -0.05) is 0 Å². The third-order valence-corrected chi connectivity index (χ3v) is 0.322. The van der Waals surface area contributed by atoms with Crippen LogP contribution in [0.2, 0.25) is 0 Å². The molecule has 0 bridgehead atoms. The van der Waals surface area contributed by atoms with Crippen molar-refractivity contribution in [3.05, 3.63) is 0 Å². The van der Waals surface area contributed by atoms with Crippen LogP contribution in [0.15, 0.2) is 0 Å². The van der Waals surface area contributed by atoms with E-state index >= 15 is 0 Å². The van der Waals surface area contributed by atoms with Crippen molar-refractivity contribution in [2.75, 3.05) is 13.2 Å². The molecule has 0 aromatic carbocycles. The van der Waals surface area contributed by atoms with E-state index in [1.807, 2.05) is 0 Å². The Hall–Kier alpha value is -0.120. The molecule has 0 aliphatic heterocycles. The lowest BCUT2D eigenvalue weighted by Gasteiger charge is -1.96. The van der Waals surface area contributed by atoms with Crippen molar-refractivity contribution < 1.29 is 18.1 Å². The van der Waals surface area contributed by atoms with E-state index in [9.17, 15) is 0 Å². The largest absolute Gasteiger partial charge is 0.394 e. The SMILES string of the molecule is [2H][13C]([2H])(O)C(O)CO. The van der Waals surface area contributed by atoms with Gasteiger partial charge in [-0.2, -0.15) is 0 Å². The first kappa shape index (κ1) is 2.96. The van der Waals surface area contributed by atoms with Crippen molar-refractivity contribution in [2.45, 2.75) is 6.10 Å². The molecule has 0 heterocycles. The standard InChI is InChI=1S/C3H8O3/c4-1-3(6)2-5/h3-6H,1-2H2/i1+1D2. The van der Waals surface area contributed by atoms with Gasteiger partial charge in [-0.25, -0.2) is 0 Å². The Morgan fingerprint density at radius 3 is 2.17 bits per heavy atom. The second kappa shape index (κ2) is 3.08. The molecule has 0 amide bonds. The second-order valence-electron chi connectivity index (χ2n) is 0.827. The highest BCUT2D eigenvalue weighted by Crippen LogP contribution is 1.71. The summed E-state index contributed by atoms with van der Waals surface area (Å²) in [5.41, 5.74) is 0. The molecule has 0 spiro atoms. The summed E-state index contributed by atoms with van der Waals surface area (Å²) in [6.45, 7) is -3.46. The molecule has 6 heavy (non-hydrogen) atoms. The summed E-state index contributed by atoms with van der Waals surface area (Å²) in [6.07, 6.45) is -1.71. The summed E-state index contributed by atoms with van der Waals surface area (Å²) in [7, 11) is 0. The zero-order valence-corrected chi connectivity index (χ0v) is 3.13. The van der Waals surface area contributed by atoms with Gasteiger partial charge < -0.3 is 15.3 Å². The molecule has 1 atom stereocenters. The van der Waals surface area contributed by atoms with Crippen molar-refractivity contribution >= 4 is 0 Å². The van der Waals surface area contributed by atoms with E-state index < -0.39 is 19.3 Å². The Morgan fingerprint density at radius 2 is 2.17 bits per heavy atom. The van der Waals surface area contributed by atoms with Crippen LogP contribution in [0.3, 0.4) is 0 Å². The lowest BCUT2D eigenvalue weighted by Crippen LogP contribution is -2.15. The van der Waals surface area contributed by atoms with Crippen molar-refractivity contribution in [3.63, 3.8) is 0 Å². The van der Waals surface area contributed by atoms with Gasteiger partial charge in [0, 0.05) is 0 Å². The molecule has 38 valence electrons. The number of hydrogen-bond donors (Lipinski definition) is 3. The van der Waals surface area contributed by atoms with Gasteiger partial charge in [-0.05, 0) is 0 Å². The molecule has 3 heteroatoms. The first-order chi connectivity index (χ1) is 3.48. The van der Waals surface area contributed by atoms with E-state index in [1.54, 1.807) is 0 Å². The maximum absolute atomic E-state index is 8.32. The number of hydrogen-bond acceptors (Lipinski definition) is 3. The van der Waals surface area contributed by atoms with E-state index in [-0.39, 0.29) is 0 Å². The van der Waals surface area contributed by atoms with Gasteiger partial charge in [0.1, 0.15) is 6.10 Å². The van der Waals surface area contributed by atoms with Crippen LogP contribution in [0, 0.1) is 0 Å². The van der Waals surface area contributed by atoms with Crippen molar-refractivity contribution in [1.82, 2.24) is 0 Å². The number of rotatable bonds is 2. The lowest BCUT2D eigenvalue weighted by molar-refractivity contribution is 0.0450. The fourth-order valence-corrected chi connectivity index (χ4v) is 0.0408. The predicted molar refractivity (Wildman–Crippen MR) is 20.2 cm³/mol. The normalized spacial score (nSPS) is 21.8. The first-order valence-electron chi connectivity index (χ1n) is 2.49. The molecule has 0 saturated heterocycles. The van der Waals surface area contributed by atoms with E-state index in [1.165, 1.54) is 0 Å². The van der Waals surface area contributed by atoms with Crippen molar-refractivity contribution in [2.24, 2.45) is 0 Å². The molecule has 0 aliphatic carbocycles. The van der Waals surface area contributed by atoms with Crippen LogP contribution in [0.1, 0.15) is 2.74 Å². The zero-order chi connectivity index (χ0) is 6.78. The molecule has 0 aromatic rings. The number of aliphatic hydroxyl groups is 3. The van der Waals surface area contributed by atoms with Crippen LogP contribution < -0.4 is 0 Å². The van der Waals surface area contributed by atoms with Crippen LogP contribution in [0.25, 0.3) is 0 Å². The maximum Gasteiger partial charge on any atom is 0.100 e. The molecule has 0 radical (unpaired) electrons. The van der Waals surface area contributed by atoms with Crippen LogP contribution in [-0.2, 0) is 0 Å². The summed E-state index contributed by atoms with van der Waals surface area (Å²) in [5, 5.41) is 24.5. The van der Waals surface area contributed by atoms with E-state index in [0.717, 1.165) is 0 Å². The van der Waals surface area contributed by atoms with Crippen molar-refractivity contribution in [3.8, 4) is 0 Å². The Balaban J connectivity index is 3.62. The van der Waals surface area contributed by atoms with Gasteiger partial charge in [0.15, 0.2) is 0 Å². The molecule has 0 saturated carbocycles. The average molecular weight is 95.1 g/mol. The highest BCUT2D eigenvalue weighted by atomic mass is 16.4. The molecular formula is C3H8O3. The zero-order valence-electron chi connectivity index (χ0n) is 5.13. The molecule has 0 aromatic heterocycles. The van der Waals surface area contributed by atoms with Gasteiger partial charge >= 0.3 is 0 Å². The fraction of sp³-hybridized carbons (Fsp3) is 1.00.